The van der Waals surface area contributed by atoms with Gasteiger partial charge in [0.15, 0.2) is 0 Å². The van der Waals surface area contributed by atoms with Crippen LogP contribution in [-0.2, 0) is 10.0 Å². The number of aliphatic hydroxyl groups is 1. The summed E-state index contributed by atoms with van der Waals surface area (Å²) in [7, 11) is -1.92. The second kappa shape index (κ2) is 5.82. The molecule has 0 spiro atoms. The smallest absolute Gasteiger partial charge is 0.243 e. The van der Waals surface area contributed by atoms with Gasteiger partial charge in [0.2, 0.25) is 10.0 Å². The lowest BCUT2D eigenvalue weighted by atomic mass is 10.2. The number of hydrogen-bond donors (Lipinski definition) is 1. The summed E-state index contributed by atoms with van der Waals surface area (Å²) in [5.41, 5.74) is 1.79. The minimum absolute atomic E-state index is 0.313. The van der Waals surface area contributed by atoms with Crippen LogP contribution in [0.3, 0.4) is 0 Å². The predicted molar refractivity (Wildman–Crippen MR) is 72.0 cm³/mol. The first-order valence-corrected chi connectivity index (χ1v) is 7.41. The van der Waals surface area contributed by atoms with E-state index in [0.29, 0.717) is 17.9 Å². The molecule has 1 aromatic rings. The van der Waals surface area contributed by atoms with Crippen molar-refractivity contribution in [3.63, 3.8) is 0 Å². The van der Waals surface area contributed by atoms with Gasteiger partial charge >= 0.3 is 0 Å². The zero-order valence-corrected chi connectivity index (χ0v) is 12.2. The van der Waals surface area contributed by atoms with Crippen molar-refractivity contribution in [2.75, 3.05) is 13.6 Å². The zero-order chi connectivity index (χ0) is 13.9. The minimum atomic E-state index is -3.46. The Morgan fingerprint density at radius 3 is 2.44 bits per heavy atom. The summed E-state index contributed by atoms with van der Waals surface area (Å²) in [6.45, 7) is 5.69. The van der Waals surface area contributed by atoms with Crippen LogP contribution >= 0.6 is 0 Å². The molecule has 1 aromatic carbocycles. The number of benzene rings is 1. The molecule has 0 amide bonds. The molecule has 0 saturated heterocycles. The lowest BCUT2D eigenvalue weighted by molar-refractivity contribution is 0.177. The largest absolute Gasteiger partial charge is 0.393 e. The SMILES string of the molecule is Cc1ccc(S(=O)(=O)N(C)CCC(C)O)c(C)c1. The standard InChI is InChI=1S/C13H21NO3S/c1-10-5-6-13(11(2)9-10)18(16,17)14(4)8-7-12(3)15/h5-6,9,12,15H,7-8H2,1-4H3. The van der Waals surface area contributed by atoms with E-state index < -0.39 is 16.1 Å². The van der Waals surface area contributed by atoms with E-state index >= 15 is 0 Å². The highest BCUT2D eigenvalue weighted by Gasteiger charge is 2.22. The zero-order valence-electron chi connectivity index (χ0n) is 11.3. The Kier molecular flexibility index (Phi) is 4.90. The van der Waals surface area contributed by atoms with Gasteiger partial charge in [-0.05, 0) is 38.8 Å². The normalized spacial score (nSPS) is 13.9. The maximum Gasteiger partial charge on any atom is 0.243 e. The molecule has 1 atom stereocenters. The third kappa shape index (κ3) is 3.54. The number of hydrogen-bond acceptors (Lipinski definition) is 3. The molecule has 18 heavy (non-hydrogen) atoms. The molecule has 0 bridgehead atoms. The summed E-state index contributed by atoms with van der Waals surface area (Å²) in [5, 5.41) is 9.21. The number of rotatable bonds is 5. The van der Waals surface area contributed by atoms with E-state index in [-0.39, 0.29) is 0 Å². The highest BCUT2D eigenvalue weighted by molar-refractivity contribution is 7.89. The monoisotopic (exact) mass is 271 g/mol. The van der Waals surface area contributed by atoms with Gasteiger partial charge in [-0.15, -0.1) is 0 Å². The van der Waals surface area contributed by atoms with Crippen LogP contribution in [0.4, 0.5) is 0 Å². The molecule has 0 radical (unpaired) electrons. The van der Waals surface area contributed by atoms with Crippen LogP contribution in [0.25, 0.3) is 0 Å². The Hall–Kier alpha value is -0.910. The maximum absolute atomic E-state index is 12.3. The van der Waals surface area contributed by atoms with Gasteiger partial charge in [-0.3, -0.25) is 0 Å². The van der Waals surface area contributed by atoms with E-state index in [1.54, 1.807) is 26.0 Å². The first-order chi connectivity index (χ1) is 8.25. The van der Waals surface area contributed by atoms with Crippen molar-refractivity contribution in [2.45, 2.75) is 38.2 Å². The van der Waals surface area contributed by atoms with Gasteiger partial charge in [-0.2, -0.15) is 0 Å². The van der Waals surface area contributed by atoms with Crippen molar-refractivity contribution in [3.8, 4) is 0 Å². The van der Waals surface area contributed by atoms with Gasteiger partial charge in [0, 0.05) is 13.6 Å². The fraction of sp³-hybridized carbons (Fsp3) is 0.538. The molecule has 0 heterocycles. The quantitative estimate of drug-likeness (QED) is 0.886. The summed E-state index contributed by atoms with van der Waals surface area (Å²) in [4.78, 5) is 0.334. The Morgan fingerprint density at radius 2 is 1.94 bits per heavy atom. The number of sulfonamides is 1. The van der Waals surface area contributed by atoms with E-state index in [2.05, 4.69) is 0 Å². The second-order valence-electron chi connectivity index (χ2n) is 4.73. The highest BCUT2D eigenvalue weighted by Crippen LogP contribution is 2.20. The lowest BCUT2D eigenvalue weighted by Gasteiger charge is -2.19. The third-order valence-electron chi connectivity index (χ3n) is 2.88. The van der Waals surface area contributed by atoms with Crippen molar-refractivity contribution < 1.29 is 13.5 Å². The molecule has 1 rings (SSSR count). The molecular weight excluding hydrogens is 250 g/mol. The summed E-state index contributed by atoms with van der Waals surface area (Å²) >= 11 is 0. The fourth-order valence-electron chi connectivity index (χ4n) is 1.75. The first kappa shape index (κ1) is 15.1. The van der Waals surface area contributed by atoms with E-state index in [1.165, 1.54) is 11.4 Å². The van der Waals surface area contributed by atoms with Crippen LogP contribution in [0.5, 0.6) is 0 Å². The Morgan fingerprint density at radius 1 is 1.33 bits per heavy atom. The molecule has 0 aliphatic heterocycles. The fourth-order valence-corrected chi connectivity index (χ4v) is 3.13. The van der Waals surface area contributed by atoms with E-state index in [4.69, 9.17) is 0 Å². The van der Waals surface area contributed by atoms with Crippen molar-refractivity contribution in [1.29, 1.82) is 0 Å². The van der Waals surface area contributed by atoms with Crippen LogP contribution in [0.2, 0.25) is 0 Å². The Balaban J connectivity index is 2.98. The molecule has 0 aromatic heterocycles. The predicted octanol–water partition coefficient (Wildman–Crippen LogP) is 1.69. The van der Waals surface area contributed by atoms with Gasteiger partial charge in [-0.25, -0.2) is 12.7 Å². The van der Waals surface area contributed by atoms with Crippen molar-refractivity contribution in [2.24, 2.45) is 0 Å². The van der Waals surface area contributed by atoms with Crippen LogP contribution < -0.4 is 0 Å². The average molecular weight is 271 g/mol. The summed E-state index contributed by atoms with van der Waals surface area (Å²) < 4.78 is 25.9. The molecule has 0 saturated carbocycles. The van der Waals surface area contributed by atoms with E-state index in [0.717, 1.165) is 11.1 Å². The second-order valence-corrected chi connectivity index (χ2v) is 6.75. The Labute approximate surface area is 109 Å². The van der Waals surface area contributed by atoms with Gasteiger partial charge in [0.25, 0.3) is 0 Å². The van der Waals surface area contributed by atoms with Crippen LogP contribution in [0, 0.1) is 13.8 Å². The molecule has 0 aliphatic carbocycles. The first-order valence-electron chi connectivity index (χ1n) is 5.97. The van der Waals surface area contributed by atoms with E-state index in [1.807, 2.05) is 13.0 Å². The molecule has 1 N–H and O–H groups in total. The van der Waals surface area contributed by atoms with Gasteiger partial charge < -0.3 is 5.11 Å². The van der Waals surface area contributed by atoms with Crippen molar-refractivity contribution >= 4 is 10.0 Å². The Bertz CT molecular complexity index is 509. The van der Waals surface area contributed by atoms with Crippen LogP contribution in [-0.4, -0.2) is 37.5 Å². The molecule has 5 heteroatoms. The van der Waals surface area contributed by atoms with Crippen molar-refractivity contribution in [1.82, 2.24) is 4.31 Å². The number of aryl methyl sites for hydroxylation is 2. The molecule has 0 fully saturated rings. The average Bonchev–Trinajstić information content (AvgIpc) is 2.24. The molecule has 1 unspecified atom stereocenters. The molecule has 0 aliphatic rings. The van der Waals surface area contributed by atoms with Crippen molar-refractivity contribution in [3.05, 3.63) is 29.3 Å². The topological polar surface area (TPSA) is 57.6 Å². The maximum atomic E-state index is 12.3. The summed E-state index contributed by atoms with van der Waals surface area (Å²) in [6.07, 6.45) is -0.0672. The lowest BCUT2D eigenvalue weighted by Crippen LogP contribution is -2.30. The molecule has 4 nitrogen and oxygen atoms in total. The van der Waals surface area contributed by atoms with Gasteiger partial charge in [0.05, 0.1) is 11.0 Å². The number of nitrogens with zero attached hydrogens (tertiary/aromatic N) is 1. The van der Waals surface area contributed by atoms with Gasteiger partial charge in [0.1, 0.15) is 0 Å². The third-order valence-corrected chi connectivity index (χ3v) is 4.90. The molecule has 102 valence electrons. The van der Waals surface area contributed by atoms with E-state index in [9.17, 15) is 13.5 Å². The molecular formula is C13H21NO3S. The summed E-state index contributed by atoms with van der Waals surface area (Å²) in [6, 6.07) is 5.29. The van der Waals surface area contributed by atoms with Gasteiger partial charge in [-0.1, -0.05) is 17.7 Å². The van der Waals surface area contributed by atoms with Crippen LogP contribution in [0.15, 0.2) is 23.1 Å². The summed E-state index contributed by atoms with van der Waals surface area (Å²) in [5.74, 6) is 0. The van der Waals surface area contributed by atoms with Crippen LogP contribution in [0.1, 0.15) is 24.5 Å². The minimum Gasteiger partial charge on any atom is -0.393 e. The highest BCUT2D eigenvalue weighted by atomic mass is 32.2. The number of aliphatic hydroxyl groups excluding tert-OH is 1.